The maximum atomic E-state index is 14.7. The second-order valence-electron chi connectivity index (χ2n) is 20.6. The summed E-state index contributed by atoms with van der Waals surface area (Å²) in [7, 11) is -3.85. The monoisotopic (exact) mass is 1070 g/mol. The van der Waals surface area contributed by atoms with Gasteiger partial charge in [-0.25, -0.2) is 18.0 Å². The molecule has 15 heteroatoms. The van der Waals surface area contributed by atoms with Crippen molar-refractivity contribution in [3.63, 3.8) is 0 Å². The molecule has 0 aliphatic carbocycles. The van der Waals surface area contributed by atoms with Crippen LogP contribution in [0.4, 0.5) is 9.59 Å². The van der Waals surface area contributed by atoms with Gasteiger partial charge in [0.25, 0.3) is 0 Å². The SMILES string of the molecule is CCc1ccc(CN2C(=O)N(Cc3ccc(CO)cc3)C(Cc3ccccc3)C(O)C(O)C2Cc2ccccc2)cc1.Cc1ccc(S(=O)(=O)N(CC(C)C)C[C@@H](O)[C@H](Cc2ccccc2)NC(=O)OC2CCOC2)cc1. The van der Waals surface area contributed by atoms with Gasteiger partial charge in [-0.05, 0) is 89.6 Å². The first-order chi connectivity index (χ1) is 37.1. The minimum Gasteiger partial charge on any atom is -0.444 e. The van der Waals surface area contributed by atoms with E-state index >= 15 is 0 Å². The number of amides is 3. The van der Waals surface area contributed by atoms with Crippen molar-refractivity contribution in [3.05, 3.63) is 208 Å². The topological polar surface area (TPSA) is 189 Å². The normalized spacial score (nSPS) is 19.6. The molecule has 14 nitrogen and oxygen atoms in total. The van der Waals surface area contributed by atoms with Crippen molar-refractivity contribution in [2.45, 2.75) is 127 Å². The minimum atomic E-state index is -3.85. The number of carbonyl (C=O) groups excluding carboxylic acids is 2. The minimum absolute atomic E-state index is 0.0373. The molecule has 0 saturated carbocycles. The number of hydrogen-bond donors (Lipinski definition) is 5. The van der Waals surface area contributed by atoms with E-state index in [1.54, 1.807) is 34.1 Å². The third-order valence-electron chi connectivity index (χ3n) is 14.2. The van der Waals surface area contributed by atoms with Gasteiger partial charge in [0.15, 0.2) is 0 Å². The largest absolute Gasteiger partial charge is 0.444 e. The van der Waals surface area contributed by atoms with E-state index in [2.05, 4.69) is 24.4 Å². The molecule has 410 valence electrons. The van der Waals surface area contributed by atoms with Crippen LogP contribution >= 0.6 is 0 Å². The van der Waals surface area contributed by atoms with Crippen LogP contribution in [0.1, 0.15) is 71.7 Å². The smallest absolute Gasteiger partial charge is 0.407 e. The van der Waals surface area contributed by atoms with Crippen LogP contribution in [0.2, 0.25) is 0 Å². The molecule has 2 fully saturated rings. The summed E-state index contributed by atoms with van der Waals surface area (Å²) in [6.45, 7) is 9.30. The summed E-state index contributed by atoms with van der Waals surface area (Å²) in [5.41, 5.74) is 7.68. The first-order valence-electron chi connectivity index (χ1n) is 26.7. The van der Waals surface area contributed by atoms with Crippen molar-refractivity contribution < 1.29 is 47.9 Å². The highest BCUT2D eigenvalue weighted by Crippen LogP contribution is 2.31. The Hall–Kier alpha value is -6.43. The van der Waals surface area contributed by atoms with Crippen molar-refractivity contribution >= 4 is 22.1 Å². The first kappa shape index (κ1) is 58.3. The van der Waals surface area contributed by atoms with Crippen LogP contribution in [0.5, 0.6) is 0 Å². The van der Waals surface area contributed by atoms with Crippen molar-refractivity contribution in [1.82, 2.24) is 19.4 Å². The molecular formula is C62H76N4O10S. The lowest BCUT2D eigenvalue weighted by Crippen LogP contribution is -2.51. The van der Waals surface area contributed by atoms with Crippen LogP contribution in [0.3, 0.4) is 0 Å². The highest BCUT2D eigenvalue weighted by atomic mass is 32.2. The Morgan fingerprint density at radius 2 is 1.17 bits per heavy atom. The number of benzene rings is 6. The molecule has 6 aromatic carbocycles. The highest BCUT2D eigenvalue weighted by molar-refractivity contribution is 7.89. The molecule has 3 amide bonds. The van der Waals surface area contributed by atoms with Crippen LogP contribution in [-0.2, 0) is 64.9 Å². The second-order valence-corrected chi connectivity index (χ2v) is 22.5. The van der Waals surface area contributed by atoms with Crippen molar-refractivity contribution in [2.75, 3.05) is 26.3 Å². The molecule has 0 radical (unpaired) electrons. The number of urea groups is 1. The summed E-state index contributed by atoms with van der Waals surface area (Å²) < 4.78 is 38.9. The molecule has 5 unspecified atom stereocenters. The summed E-state index contributed by atoms with van der Waals surface area (Å²) in [6, 6.07) is 49.2. The Labute approximate surface area is 455 Å². The lowest BCUT2D eigenvalue weighted by atomic mass is 9.91. The summed E-state index contributed by atoms with van der Waals surface area (Å²) in [6.07, 6.45) is -1.82. The molecule has 2 saturated heterocycles. The van der Waals surface area contributed by atoms with E-state index in [-0.39, 0.29) is 49.2 Å². The van der Waals surface area contributed by atoms with Gasteiger partial charge in [0, 0.05) is 32.6 Å². The number of nitrogens with zero attached hydrogens (tertiary/aromatic N) is 3. The van der Waals surface area contributed by atoms with Crippen LogP contribution in [0, 0.1) is 12.8 Å². The summed E-state index contributed by atoms with van der Waals surface area (Å²) in [5.74, 6) is 0.0373. The van der Waals surface area contributed by atoms with E-state index in [9.17, 15) is 38.4 Å². The van der Waals surface area contributed by atoms with Gasteiger partial charge in [-0.2, -0.15) is 4.31 Å². The van der Waals surface area contributed by atoms with Crippen molar-refractivity contribution in [2.24, 2.45) is 5.92 Å². The summed E-state index contributed by atoms with van der Waals surface area (Å²) >= 11 is 0. The van der Waals surface area contributed by atoms with Crippen molar-refractivity contribution in [3.8, 4) is 0 Å². The molecule has 5 N–H and O–H groups in total. The molecule has 0 aromatic heterocycles. The van der Waals surface area contributed by atoms with E-state index in [1.807, 2.05) is 148 Å². The van der Waals surface area contributed by atoms with Gasteiger partial charge in [0.05, 0.1) is 48.9 Å². The fourth-order valence-electron chi connectivity index (χ4n) is 9.81. The van der Waals surface area contributed by atoms with Crippen LogP contribution in [0.15, 0.2) is 169 Å². The first-order valence-corrected chi connectivity index (χ1v) is 28.2. The maximum Gasteiger partial charge on any atom is 0.407 e. The van der Waals surface area contributed by atoms with Crippen LogP contribution in [0.25, 0.3) is 0 Å². The lowest BCUT2D eigenvalue weighted by Gasteiger charge is -2.36. The molecule has 6 aromatic rings. The second kappa shape index (κ2) is 28.3. The molecule has 0 spiro atoms. The molecular weight excluding hydrogens is 993 g/mol. The molecule has 77 heavy (non-hydrogen) atoms. The van der Waals surface area contributed by atoms with E-state index < -0.39 is 52.6 Å². The predicted molar refractivity (Wildman–Crippen MR) is 298 cm³/mol. The molecule has 2 aliphatic heterocycles. The Bertz CT molecular complexity index is 2730. The molecule has 7 atom stereocenters. The quantitative estimate of drug-likeness (QED) is 0.0470. The zero-order valence-corrected chi connectivity index (χ0v) is 45.5. The van der Waals surface area contributed by atoms with E-state index in [0.717, 1.165) is 45.4 Å². The summed E-state index contributed by atoms with van der Waals surface area (Å²) in [5, 5.41) is 47.2. The van der Waals surface area contributed by atoms with E-state index in [0.29, 0.717) is 45.4 Å². The van der Waals surface area contributed by atoms with Gasteiger partial charge in [0.1, 0.15) is 18.3 Å². The van der Waals surface area contributed by atoms with E-state index in [4.69, 9.17) is 9.47 Å². The zero-order valence-electron chi connectivity index (χ0n) is 44.7. The van der Waals surface area contributed by atoms with Gasteiger partial charge >= 0.3 is 12.1 Å². The van der Waals surface area contributed by atoms with Crippen LogP contribution < -0.4 is 5.32 Å². The van der Waals surface area contributed by atoms with Gasteiger partial charge in [-0.1, -0.05) is 178 Å². The number of carbonyl (C=O) groups is 2. The standard InChI is InChI=1S/C36H40N2O4.C26H36N2O6S/c1-2-26-13-15-29(16-14-26)23-37-32(21-27-9-5-3-6-10-27)34(40)35(41)33(22-28-11-7-4-8-12-28)38(36(37)42)24-30-17-19-31(25-39)20-18-30;1-19(2)16-28(35(31,32)23-11-9-20(3)10-12-23)17-25(29)24(15-21-7-5-4-6-8-21)27-26(30)34-22-13-14-33-18-22/h3-20,32-35,39-41H,2,21-25H2,1H3;4-12,19,22,24-25,29H,13-18H2,1-3H3,(H,27,30)/t;22?,24-,25+/m.0/s1. The number of hydrogen-bond acceptors (Lipinski definition) is 10. The van der Waals surface area contributed by atoms with Gasteiger partial charge in [-0.15, -0.1) is 0 Å². The highest BCUT2D eigenvalue weighted by Gasteiger charge is 2.46. The number of aliphatic hydroxyl groups excluding tert-OH is 4. The average Bonchev–Trinajstić information content (AvgIpc) is 3.96. The molecule has 2 aliphatic rings. The number of nitrogens with one attached hydrogen (secondary N) is 1. The number of sulfonamides is 1. The predicted octanol–water partition coefficient (Wildman–Crippen LogP) is 8.25. The number of aryl methyl sites for hydroxylation is 2. The Balaban J connectivity index is 0.000000228. The third-order valence-corrected chi connectivity index (χ3v) is 16.0. The Morgan fingerprint density at radius 3 is 1.62 bits per heavy atom. The number of aliphatic hydroxyl groups is 4. The number of rotatable bonds is 21. The zero-order chi connectivity index (χ0) is 54.9. The molecule has 0 bridgehead atoms. The third kappa shape index (κ3) is 16.5. The summed E-state index contributed by atoms with van der Waals surface area (Å²) in [4.78, 5) is 30.9. The van der Waals surface area contributed by atoms with Crippen LogP contribution in [-0.4, -0.2) is 124 Å². The van der Waals surface area contributed by atoms with Gasteiger partial charge in [0.2, 0.25) is 10.0 Å². The fourth-order valence-corrected chi connectivity index (χ4v) is 11.4. The maximum absolute atomic E-state index is 14.7. The van der Waals surface area contributed by atoms with Gasteiger partial charge in [-0.3, -0.25) is 0 Å². The fraction of sp³-hybridized carbons (Fsp3) is 0.387. The molecule has 2 heterocycles. The number of ether oxygens (including phenoxy) is 2. The van der Waals surface area contributed by atoms with Gasteiger partial charge < -0.3 is 45.0 Å². The van der Waals surface area contributed by atoms with Crippen molar-refractivity contribution in [1.29, 1.82) is 0 Å². The lowest BCUT2D eigenvalue weighted by molar-refractivity contribution is -0.0408. The number of alkyl carbamates (subject to hydrolysis) is 1. The Morgan fingerprint density at radius 1 is 0.688 bits per heavy atom. The Kier molecular flexibility index (Phi) is 21.4. The average molecular weight is 1070 g/mol. The molecule has 8 rings (SSSR count). The van der Waals surface area contributed by atoms with E-state index in [1.165, 1.54) is 9.87 Å².